The Morgan fingerprint density at radius 1 is 0.457 bits per heavy atom. The maximum atomic E-state index is 2.64. The van der Waals surface area contributed by atoms with Crippen LogP contribution in [0.25, 0.3) is 0 Å². The zero-order chi connectivity index (χ0) is 32.4. The Morgan fingerprint density at radius 3 is 1.20 bits per heavy atom. The highest BCUT2D eigenvalue weighted by Crippen LogP contribution is 2.38. The highest BCUT2D eigenvalue weighted by Gasteiger charge is 2.44. The van der Waals surface area contributed by atoms with Crippen LogP contribution in [0.3, 0.4) is 0 Å². The molecule has 2 aliphatic rings. The lowest BCUT2D eigenvalue weighted by atomic mass is 9.29. The van der Waals surface area contributed by atoms with Gasteiger partial charge in [-0.25, -0.2) is 0 Å². The summed E-state index contributed by atoms with van der Waals surface area (Å²) in [6.45, 7) is 21.0. The van der Waals surface area contributed by atoms with Gasteiger partial charge in [0.1, 0.15) is 0 Å². The molecule has 0 radical (unpaired) electrons. The molecule has 2 aliphatic heterocycles. The SMILES string of the molecule is CCCc1ccc2c(c1)B(c1c(C)cc(C)cc1C)c1cc(C)cc3c1N2c1ccc(CCC)cc1B3c1c(C)cc(C)cc1C. The van der Waals surface area contributed by atoms with Gasteiger partial charge in [-0.05, 0) is 106 Å². The predicted molar refractivity (Wildman–Crippen MR) is 204 cm³/mol. The van der Waals surface area contributed by atoms with Gasteiger partial charge in [0.15, 0.2) is 0 Å². The molecule has 46 heavy (non-hydrogen) atoms. The van der Waals surface area contributed by atoms with Crippen molar-refractivity contribution in [3.63, 3.8) is 0 Å². The zero-order valence-corrected chi connectivity index (χ0v) is 29.4. The van der Waals surface area contributed by atoms with Gasteiger partial charge in [-0.2, -0.15) is 0 Å². The summed E-state index contributed by atoms with van der Waals surface area (Å²) in [5.41, 5.74) is 25.2. The quantitative estimate of drug-likeness (QED) is 0.189. The molecule has 1 nitrogen and oxygen atoms in total. The molecule has 0 atom stereocenters. The van der Waals surface area contributed by atoms with Crippen LogP contribution in [0.2, 0.25) is 0 Å². The summed E-state index contributed by atoms with van der Waals surface area (Å²) < 4.78 is 0. The number of aryl methyl sites for hydroxylation is 9. The van der Waals surface area contributed by atoms with Crippen LogP contribution in [-0.4, -0.2) is 13.4 Å². The van der Waals surface area contributed by atoms with E-state index in [4.69, 9.17) is 0 Å². The van der Waals surface area contributed by atoms with E-state index in [1.807, 2.05) is 0 Å². The lowest BCUT2D eigenvalue weighted by molar-refractivity contribution is 0.922. The summed E-state index contributed by atoms with van der Waals surface area (Å²) in [6.07, 6.45) is 4.50. The van der Waals surface area contributed by atoms with Gasteiger partial charge in [0.2, 0.25) is 13.4 Å². The molecule has 0 N–H and O–H groups in total. The van der Waals surface area contributed by atoms with Crippen molar-refractivity contribution in [2.75, 3.05) is 4.90 Å². The Hall–Kier alpha value is -3.97. The molecule has 0 saturated carbocycles. The van der Waals surface area contributed by atoms with Crippen LogP contribution < -0.4 is 37.7 Å². The molecule has 0 bridgehead atoms. The molecule has 0 saturated heterocycles. The normalized spacial score (nSPS) is 13.1. The molecule has 0 aromatic heterocycles. The molecule has 5 aromatic rings. The van der Waals surface area contributed by atoms with Gasteiger partial charge in [-0.1, -0.05) is 137 Å². The fraction of sp³-hybridized carbons (Fsp3) is 0.302. The van der Waals surface area contributed by atoms with Crippen LogP contribution in [0.1, 0.15) is 76.8 Å². The third-order valence-electron chi connectivity index (χ3n) is 10.6. The highest BCUT2D eigenvalue weighted by molar-refractivity contribution is 7.02. The second kappa shape index (κ2) is 11.7. The van der Waals surface area contributed by atoms with E-state index < -0.39 is 0 Å². The van der Waals surface area contributed by atoms with Gasteiger partial charge in [0, 0.05) is 17.1 Å². The fourth-order valence-corrected chi connectivity index (χ4v) is 9.12. The molecule has 0 aliphatic carbocycles. The van der Waals surface area contributed by atoms with E-state index >= 15 is 0 Å². The summed E-state index contributed by atoms with van der Waals surface area (Å²) in [5, 5.41) is 0. The molecule has 5 aromatic carbocycles. The summed E-state index contributed by atoms with van der Waals surface area (Å²) in [5.74, 6) is 0. The maximum absolute atomic E-state index is 2.64. The third-order valence-corrected chi connectivity index (χ3v) is 10.6. The van der Waals surface area contributed by atoms with Gasteiger partial charge in [0.05, 0.1) is 0 Å². The summed E-state index contributed by atoms with van der Waals surface area (Å²) >= 11 is 0. The number of hydrogen-bond donors (Lipinski definition) is 0. The minimum Gasteiger partial charge on any atom is -0.313 e. The molecule has 0 unspecified atom stereocenters. The van der Waals surface area contributed by atoms with Crippen LogP contribution >= 0.6 is 0 Å². The van der Waals surface area contributed by atoms with E-state index in [1.165, 1.54) is 99.9 Å². The van der Waals surface area contributed by atoms with Gasteiger partial charge in [0.25, 0.3) is 0 Å². The van der Waals surface area contributed by atoms with E-state index in [2.05, 4.69) is 140 Å². The second-order valence-electron chi connectivity index (χ2n) is 14.4. The first-order valence-corrected chi connectivity index (χ1v) is 17.5. The van der Waals surface area contributed by atoms with Crippen LogP contribution in [0.15, 0.2) is 72.8 Å². The number of rotatable bonds is 6. The van der Waals surface area contributed by atoms with Crippen LogP contribution in [0, 0.1) is 48.5 Å². The Labute approximate surface area is 278 Å². The van der Waals surface area contributed by atoms with Crippen LogP contribution in [0.5, 0.6) is 0 Å². The molecule has 0 amide bonds. The van der Waals surface area contributed by atoms with Gasteiger partial charge >= 0.3 is 0 Å². The minimum absolute atomic E-state index is 0.180. The molecule has 0 spiro atoms. The lowest BCUT2D eigenvalue weighted by Crippen LogP contribution is -2.66. The Morgan fingerprint density at radius 2 is 0.826 bits per heavy atom. The summed E-state index contributed by atoms with van der Waals surface area (Å²) in [4.78, 5) is 2.64. The Bertz CT molecular complexity index is 1830. The van der Waals surface area contributed by atoms with Crippen molar-refractivity contribution in [3.8, 4) is 0 Å². The first kappa shape index (κ1) is 30.7. The van der Waals surface area contributed by atoms with E-state index in [0.29, 0.717) is 0 Å². The predicted octanol–water partition coefficient (Wildman–Crippen LogP) is 6.88. The van der Waals surface area contributed by atoms with E-state index in [0.717, 1.165) is 25.7 Å². The van der Waals surface area contributed by atoms with E-state index in [1.54, 1.807) is 0 Å². The van der Waals surface area contributed by atoms with Gasteiger partial charge in [-0.3, -0.25) is 0 Å². The second-order valence-corrected chi connectivity index (χ2v) is 14.4. The number of fused-ring (bicyclic) bond motifs is 4. The van der Waals surface area contributed by atoms with Crippen molar-refractivity contribution in [1.29, 1.82) is 0 Å². The fourth-order valence-electron chi connectivity index (χ4n) is 9.12. The number of nitrogens with zero attached hydrogens (tertiary/aromatic N) is 1. The van der Waals surface area contributed by atoms with Crippen LogP contribution in [-0.2, 0) is 12.8 Å². The average Bonchev–Trinajstić information content (AvgIpc) is 2.98. The van der Waals surface area contributed by atoms with Gasteiger partial charge in [-0.15, -0.1) is 0 Å². The van der Waals surface area contributed by atoms with Crippen molar-refractivity contribution >= 4 is 63.3 Å². The number of anilines is 3. The highest BCUT2D eigenvalue weighted by atomic mass is 15.2. The molecule has 3 heteroatoms. The average molecular weight is 599 g/mol. The topological polar surface area (TPSA) is 3.24 Å². The largest absolute Gasteiger partial charge is 0.313 e. The van der Waals surface area contributed by atoms with Gasteiger partial charge < -0.3 is 4.90 Å². The van der Waals surface area contributed by atoms with Crippen molar-refractivity contribution in [1.82, 2.24) is 0 Å². The van der Waals surface area contributed by atoms with Crippen molar-refractivity contribution < 1.29 is 0 Å². The summed E-state index contributed by atoms with van der Waals surface area (Å²) in [6, 6.07) is 29.3. The van der Waals surface area contributed by atoms with Crippen molar-refractivity contribution in [3.05, 3.63) is 123 Å². The van der Waals surface area contributed by atoms with Crippen LogP contribution in [0.4, 0.5) is 17.1 Å². The smallest absolute Gasteiger partial charge is 0.247 e. The van der Waals surface area contributed by atoms with Crippen molar-refractivity contribution in [2.24, 2.45) is 0 Å². The molecular weight excluding hydrogens is 552 g/mol. The Kier molecular flexibility index (Phi) is 7.79. The third kappa shape index (κ3) is 4.86. The first-order chi connectivity index (χ1) is 22.1. The molecule has 0 fully saturated rings. The monoisotopic (exact) mass is 599 g/mol. The molecule has 2 heterocycles. The molecular formula is C43H47B2N. The molecule has 7 rings (SSSR count). The maximum Gasteiger partial charge on any atom is 0.247 e. The standard InChI is InChI=1S/C43H47B2N/c1-10-12-33-14-16-39-35(24-33)44(41-29(6)18-26(3)19-30(41)7)37-22-28(5)23-38-43(37)46(39)40-17-15-34(13-11-2)25-36(40)45(38)42-31(8)20-27(4)21-32(42)9/h14-25H,10-13H2,1-9H3. The van der Waals surface area contributed by atoms with E-state index in [-0.39, 0.29) is 13.4 Å². The molecule has 230 valence electrons. The van der Waals surface area contributed by atoms with Crippen molar-refractivity contribution in [2.45, 2.75) is 88.0 Å². The minimum atomic E-state index is 0.180. The Balaban J connectivity index is 1.62. The van der Waals surface area contributed by atoms with E-state index in [9.17, 15) is 0 Å². The summed E-state index contributed by atoms with van der Waals surface area (Å²) in [7, 11) is 0. The zero-order valence-electron chi connectivity index (χ0n) is 29.4. The number of benzene rings is 5. The lowest BCUT2D eigenvalue weighted by Gasteiger charge is -2.45. The first-order valence-electron chi connectivity index (χ1n) is 17.5. The number of hydrogen-bond acceptors (Lipinski definition) is 1.